The normalized spacial score (nSPS) is 14.1. The molecule has 0 aliphatic carbocycles. The van der Waals surface area contributed by atoms with Gasteiger partial charge in [-0.1, -0.05) is 23.7 Å². The van der Waals surface area contributed by atoms with Gasteiger partial charge in [0.2, 0.25) is 0 Å². The topological polar surface area (TPSA) is 97.1 Å². The van der Waals surface area contributed by atoms with E-state index in [0.29, 0.717) is 43.5 Å². The van der Waals surface area contributed by atoms with Crippen LogP contribution >= 0.6 is 11.6 Å². The Labute approximate surface area is 229 Å². The Kier molecular flexibility index (Phi) is 6.60. The van der Waals surface area contributed by atoms with Crippen molar-refractivity contribution in [3.8, 4) is 22.4 Å². The van der Waals surface area contributed by atoms with E-state index >= 15 is 0 Å². The Balaban J connectivity index is 1.34. The lowest BCUT2D eigenvalue weighted by molar-refractivity contribution is -0.384. The summed E-state index contributed by atoms with van der Waals surface area (Å²) in [5.74, 6) is 0.242. The van der Waals surface area contributed by atoms with Crippen LogP contribution in [0.1, 0.15) is 16.2 Å². The van der Waals surface area contributed by atoms with Crippen LogP contribution in [-0.2, 0) is 6.54 Å². The monoisotopic (exact) mass is 541 g/mol. The Morgan fingerprint density at radius 3 is 2.41 bits per heavy atom. The highest BCUT2D eigenvalue weighted by Crippen LogP contribution is 2.30. The van der Waals surface area contributed by atoms with Gasteiger partial charge in [-0.3, -0.25) is 19.8 Å². The van der Waals surface area contributed by atoms with Crippen LogP contribution in [0.25, 0.3) is 28.0 Å². The van der Waals surface area contributed by atoms with Crippen molar-refractivity contribution in [1.29, 1.82) is 0 Å². The molecule has 1 fully saturated rings. The van der Waals surface area contributed by atoms with Crippen molar-refractivity contribution in [3.05, 3.63) is 112 Å². The zero-order valence-corrected chi connectivity index (χ0v) is 21.6. The summed E-state index contributed by atoms with van der Waals surface area (Å²) in [5.41, 5.74) is 5.32. The first kappa shape index (κ1) is 24.8. The van der Waals surface area contributed by atoms with Crippen LogP contribution in [0.2, 0.25) is 5.02 Å². The summed E-state index contributed by atoms with van der Waals surface area (Å²) in [6.07, 6.45) is 3.56. The summed E-state index contributed by atoms with van der Waals surface area (Å²) in [5, 5.41) is 11.9. The van der Waals surface area contributed by atoms with Crippen molar-refractivity contribution in [3.63, 3.8) is 0 Å². The number of pyridine rings is 1. The molecule has 0 spiro atoms. The largest absolute Gasteiger partial charge is 0.459 e. The number of nitro benzene ring substituents is 1. The lowest BCUT2D eigenvalue weighted by atomic mass is 10.1. The number of carbonyl (C=O) groups excluding carboxylic acids is 1. The fourth-order valence-electron chi connectivity index (χ4n) is 4.93. The summed E-state index contributed by atoms with van der Waals surface area (Å²) in [7, 11) is 0. The molecule has 2 aromatic carbocycles. The number of aromatic nitrogens is 2. The zero-order chi connectivity index (χ0) is 26.9. The van der Waals surface area contributed by atoms with Gasteiger partial charge >= 0.3 is 0 Å². The van der Waals surface area contributed by atoms with Gasteiger partial charge in [0, 0.05) is 61.6 Å². The minimum Gasteiger partial charge on any atom is -0.459 e. The van der Waals surface area contributed by atoms with Crippen molar-refractivity contribution >= 4 is 28.8 Å². The third-order valence-electron chi connectivity index (χ3n) is 6.99. The first-order chi connectivity index (χ1) is 19.0. The number of nitrogens with zero attached hydrogens (tertiary/aromatic N) is 5. The number of halogens is 1. The smallest absolute Gasteiger partial charge is 0.289 e. The molecular weight excluding hydrogens is 518 g/mol. The van der Waals surface area contributed by atoms with E-state index in [1.54, 1.807) is 29.2 Å². The zero-order valence-electron chi connectivity index (χ0n) is 20.9. The minimum absolute atomic E-state index is 0.0321. The van der Waals surface area contributed by atoms with Crippen LogP contribution < -0.4 is 0 Å². The molecule has 0 unspecified atom stereocenters. The van der Waals surface area contributed by atoms with Gasteiger partial charge in [-0.25, -0.2) is 4.98 Å². The summed E-state index contributed by atoms with van der Waals surface area (Å²) < 4.78 is 7.36. The predicted molar refractivity (Wildman–Crippen MR) is 148 cm³/mol. The van der Waals surface area contributed by atoms with Gasteiger partial charge in [0.15, 0.2) is 5.76 Å². The number of piperazine rings is 1. The van der Waals surface area contributed by atoms with Crippen LogP contribution in [0.15, 0.2) is 89.7 Å². The van der Waals surface area contributed by atoms with Crippen molar-refractivity contribution < 1.29 is 14.1 Å². The second kappa shape index (κ2) is 10.4. The van der Waals surface area contributed by atoms with Gasteiger partial charge < -0.3 is 13.7 Å². The fraction of sp³-hybridized carbons (Fsp3) is 0.172. The summed E-state index contributed by atoms with van der Waals surface area (Å²) in [4.78, 5) is 32.5. The second-order valence-corrected chi connectivity index (χ2v) is 9.85. The Bertz CT molecular complexity index is 1660. The highest BCUT2D eigenvalue weighted by atomic mass is 35.5. The van der Waals surface area contributed by atoms with E-state index < -0.39 is 4.92 Å². The van der Waals surface area contributed by atoms with E-state index in [0.717, 1.165) is 33.7 Å². The van der Waals surface area contributed by atoms with Crippen LogP contribution in [0.4, 0.5) is 5.69 Å². The van der Waals surface area contributed by atoms with Crippen LogP contribution in [0.5, 0.6) is 0 Å². The standard InChI is InChI=1S/C29H24ClN5O4/c30-23-4-1-3-21(17-23)22-8-11-27-31-28(20-6-9-24(10-7-20)35(37)38)25(34(27)18-22)19-32-12-14-33(15-13-32)29(36)26-5-2-16-39-26/h1-11,16-18H,12-15,19H2. The molecule has 0 radical (unpaired) electrons. The number of nitro groups is 1. The van der Waals surface area contributed by atoms with Crippen LogP contribution in [-0.4, -0.2) is 56.2 Å². The molecule has 10 heteroatoms. The Morgan fingerprint density at radius 2 is 1.72 bits per heavy atom. The maximum atomic E-state index is 12.7. The van der Waals surface area contributed by atoms with Crippen LogP contribution in [0.3, 0.4) is 0 Å². The molecule has 5 aromatic rings. The number of rotatable bonds is 6. The van der Waals surface area contributed by atoms with E-state index in [2.05, 4.69) is 15.5 Å². The van der Waals surface area contributed by atoms with Crippen molar-refractivity contribution in [1.82, 2.24) is 19.2 Å². The number of non-ortho nitro benzene ring substituents is 1. The average molecular weight is 542 g/mol. The third-order valence-corrected chi connectivity index (χ3v) is 7.23. The molecule has 1 amide bonds. The molecule has 196 valence electrons. The quantitative estimate of drug-likeness (QED) is 0.200. The predicted octanol–water partition coefficient (Wildman–Crippen LogP) is 5.78. The van der Waals surface area contributed by atoms with Crippen molar-refractivity contribution in [2.24, 2.45) is 0 Å². The molecule has 3 aromatic heterocycles. The number of imidazole rings is 1. The van der Waals surface area contributed by atoms with E-state index in [1.165, 1.54) is 18.4 Å². The SMILES string of the molecule is O=C(c1ccco1)N1CCN(Cc2c(-c3ccc([N+](=O)[O-])cc3)nc3ccc(-c4cccc(Cl)c4)cn23)CC1. The number of fused-ring (bicyclic) bond motifs is 1. The van der Waals surface area contributed by atoms with Crippen molar-refractivity contribution in [2.45, 2.75) is 6.54 Å². The first-order valence-corrected chi connectivity index (χ1v) is 12.9. The first-order valence-electron chi connectivity index (χ1n) is 12.5. The number of benzene rings is 2. The molecular formula is C29H24ClN5O4. The number of amides is 1. The minimum atomic E-state index is -0.408. The molecule has 0 atom stereocenters. The highest BCUT2D eigenvalue weighted by molar-refractivity contribution is 6.30. The molecule has 6 rings (SSSR count). The average Bonchev–Trinajstić information content (AvgIpc) is 3.62. The lowest BCUT2D eigenvalue weighted by Gasteiger charge is -2.34. The number of hydrogen-bond donors (Lipinski definition) is 0. The van der Waals surface area contributed by atoms with Gasteiger partial charge in [0.05, 0.1) is 22.6 Å². The Hall–Kier alpha value is -4.47. The van der Waals surface area contributed by atoms with E-state index in [1.807, 2.05) is 36.4 Å². The number of furan rings is 1. The third kappa shape index (κ3) is 5.01. The molecule has 39 heavy (non-hydrogen) atoms. The van der Waals surface area contributed by atoms with Crippen molar-refractivity contribution in [2.75, 3.05) is 26.2 Å². The molecule has 1 aliphatic rings. The molecule has 0 bridgehead atoms. The van der Waals surface area contributed by atoms with Gasteiger partial charge in [-0.05, 0) is 59.7 Å². The number of hydrogen-bond acceptors (Lipinski definition) is 6. The number of carbonyl (C=O) groups is 1. The van der Waals surface area contributed by atoms with Gasteiger partial charge in [0.1, 0.15) is 5.65 Å². The van der Waals surface area contributed by atoms with Gasteiger partial charge in [0.25, 0.3) is 11.6 Å². The van der Waals surface area contributed by atoms with E-state index in [-0.39, 0.29) is 11.6 Å². The lowest BCUT2D eigenvalue weighted by Crippen LogP contribution is -2.48. The highest BCUT2D eigenvalue weighted by Gasteiger charge is 2.26. The molecule has 0 N–H and O–H groups in total. The summed E-state index contributed by atoms with van der Waals surface area (Å²) in [6, 6.07) is 21.5. The summed E-state index contributed by atoms with van der Waals surface area (Å²) in [6.45, 7) is 3.13. The maximum absolute atomic E-state index is 12.7. The summed E-state index contributed by atoms with van der Waals surface area (Å²) >= 11 is 6.25. The molecule has 1 saturated heterocycles. The van der Waals surface area contributed by atoms with Gasteiger partial charge in [-0.15, -0.1) is 0 Å². The molecule has 9 nitrogen and oxygen atoms in total. The Morgan fingerprint density at radius 1 is 0.949 bits per heavy atom. The van der Waals surface area contributed by atoms with Gasteiger partial charge in [-0.2, -0.15) is 0 Å². The van der Waals surface area contributed by atoms with E-state index in [4.69, 9.17) is 21.0 Å². The molecule has 1 aliphatic heterocycles. The second-order valence-electron chi connectivity index (χ2n) is 9.41. The van der Waals surface area contributed by atoms with E-state index in [9.17, 15) is 14.9 Å². The molecule has 4 heterocycles. The molecule has 0 saturated carbocycles. The van der Waals surface area contributed by atoms with Crippen LogP contribution in [0, 0.1) is 10.1 Å². The fourth-order valence-corrected chi connectivity index (χ4v) is 5.12. The maximum Gasteiger partial charge on any atom is 0.289 e.